The average Bonchev–Trinajstić information content (AvgIpc) is 2.71. The molecule has 2 N–H and O–H groups in total. The SMILES string of the molecule is CC1(C(=O)NC2CCOC2)CCCNC1. The molecule has 15 heavy (non-hydrogen) atoms. The van der Waals surface area contributed by atoms with Crippen molar-refractivity contribution in [2.75, 3.05) is 26.3 Å². The third-order valence-corrected chi connectivity index (χ3v) is 3.41. The van der Waals surface area contributed by atoms with Crippen LogP contribution in [0.15, 0.2) is 0 Å². The van der Waals surface area contributed by atoms with Crippen LogP contribution in [0.25, 0.3) is 0 Å². The number of ether oxygens (including phenoxy) is 1. The van der Waals surface area contributed by atoms with E-state index in [1.165, 1.54) is 0 Å². The van der Waals surface area contributed by atoms with Crippen molar-refractivity contribution >= 4 is 5.91 Å². The fourth-order valence-corrected chi connectivity index (χ4v) is 2.26. The quantitative estimate of drug-likeness (QED) is 0.691. The molecule has 2 unspecified atom stereocenters. The molecule has 2 aliphatic rings. The van der Waals surface area contributed by atoms with E-state index in [0.29, 0.717) is 6.61 Å². The van der Waals surface area contributed by atoms with Gasteiger partial charge in [-0.1, -0.05) is 0 Å². The van der Waals surface area contributed by atoms with Crippen LogP contribution < -0.4 is 10.6 Å². The number of hydrogen-bond donors (Lipinski definition) is 2. The monoisotopic (exact) mass is 212 g/mol. The van der Waals surface area contributed by atoms with E-state index in [0.717, 1.165) is 39.0 Å². The van der Waals surface area contributed by atoms with E-state index in [2.05, 4.69) is 10.6 Å². The zero-order chi connectivity index (χ0) is 10.7. The van der Waals surface area contributed by atoms with Crippen LogP contribution >= 0.6 is 0 Å². The first-order valence-electron chi connectivity index (χ1n) is 5.80. The highest BCUT2D eigenvalue weighted by Gasteiger charge is 2.35. The number of piperidine rings is 1. The second-order valence-corrected chi connectivity index (χ2v) is 4.87. The van der Waals surface area contributed by atoms with Gasteiger partial charge in [0.2, 0.25) is 5.91 Å². The third kappa shape index (κ3) is 2.49. The molecular weight excluding hydrogens is 192 g/mol. The summed E-state index contributed by atoms with van der Waals surface area (Å²) in [4.78, 5) is 12.1. The summed E-state index contributed by atoms with van der Waals surface area (Å²) in [7, 11) is 0. The fourth-order valence-electron chi connectivity index (χ4n) is 2.26. The molecule has 2 atom stereocenters. The molecule has 2 fully saturated rings. The molecule has 4 nitrogen and oxygen atoms in total. The lowest BCUT2D eigenvalue weighted by Gasteiger charge is -2.33. The smallest absolute Gasteiger partial charge is 0.227 e. The van der Waals surface area contributed by atoms with E-state index in [1.54, 1.807) is 0 Å². The standard InChI is InChI=1S/C11H20N2O2/c1-11(4-2-5-12-8-11)10(14)13-9-3-6-15-7-9/h9,12H,2-8H2,1H3,(H,13,14). The number of rotatable bonds is 2. The van der Waals surface area contributed by atoms with E-state index in [-0.39, 0.29) is 17.4 Å². The van der Waals surface area contributed by atoms with Crippen molar-refractivity contribution in [2.45, 2.75) is 32.2 Å². The summed E-state index contributed by atoms with van der Waals surface area (Å²) in [6.07, 6.45) is 3.03. The van der Waals surface area contributed by atoms with E-state index in [4.69, 9.17) is 4.74 Å². The Kier molecular flexibility index (Phi) is 3.26. The van der Waals surface area contributed by atoms with Crippen molar-refractivity contribution in [2.24, 2.45) is 5.41 Å². The maximum absolute atomic E-state index is 12.1. The molecule has 0 aromatic carbocycles. The van der Waals surface area contributed by atoms with Gasteiger partial charge in [-0.3, -0.25) is 4.79 Å². The van der Waals surface area contributed by atoms with Crippen molar-refractivity contribution in [3.05, 3.63) is 0 Å². The average molecular weight is 212 g/mol. The van der Waals surface area contributed by atoms with Gasteiger partial charge in [0, 0.05) is 13.2 Å². The second-order valence-electron chi connectivity index (χ2n) is 4.87. The molecule has 2 saturated heterocycles. The Morgan fingerprint density at radius 1 is 1.60 bits per heavy atom. The van der Waals surface area contributed by atoms with Crippen LogP contribution in [0.1, 0.15) is 26.2 Å². The molecule has 2 rings (SSSR count). The molecule has 4 heteroatoms. The van der Waals surface area contributed by atoms with Crippen LogP contribution in [0.5, 0.6) is 0 Å². The molecular formula is C11H20N2O2. The first-order valence-corrected chi connectivity index (χ1v) is 5.80. The Balaban J connectivity index is 1.87. The largest absolute Gasteiger partial charge is 0.379 e. The van der Waals surface area contributed by atoms with Crippen LogP contribution in [0.3, 0.4) is 0 Å². The van der Waals surface area contributed by atoms with Crippen LogP contribution in [0, 0.1) is 5.41 Å². The van der Waals surface area contributed by atoms with Gasteiger partial charge < -0.3 is 15.4 Å². The zero-order valence-corrected chi connectivity index (χ0v) is 9.34. The minimum Gasteiger partial charge on any atom is -0.379 e. The molecule has 86 valence electrons. The molecule has 0 aromatic heterocycles. The summed E-state index contributed by atoms with van der Waals surface area (Å²) in [6, 6.07) is 0.233. The van der Waals surface area contributed by atoms with Crippen molar-refractivity contribution < 1.29 is 9.53 Å². The van der Waals surface area contributed by atoms with E-state index in [9.17, 15) is 4.79 Å². The predicted octanol–water partition coefficient (Wildman–Crippen LogP) is 0.281. The van der Waals surface area contributed by atoms with Gasteiger partial charge >= 0.3 is 0 Å². The molecule has 0 bridgehead atoms. The summed E-state index contributed by atoms with van der Waals surface area (Å²) in [5.41, 5.74) is -0.221. The van der Waals surface area contributed by atoms with Crippen molar-refractivity contribution in [3.63, 3.8) is 0 Å². The maximum atomic E-state index is 12.1. The van der Waals surface area contributed by atoms with Crippen molar-refractivity contribution in [3.8, 4) is 0 Å². The highest BCUT2D eigenvalue weighted by Crippen LogP contribution is 2.25. The molecule has 0 spiro atoms. The molecule has 1 amide bonds. The Labute approximate surface area is 90.8 Å². The molecule has 2 heterocycles. The summed E-state index contributed by atoms with van der Waals surface area (Å²) in [5.74, 6) is 0.185. The van der Waals surface area contributed by atoms with Gasteiger partial charge in [-0.25, -0.2) is 0 Å². The summed E-state index contributed by atoms with van der Waals surface area (Å²) in [5, 5.41) is 6.37. The Hall–Kier alpha value is -0.610. The van der Waals surface area contributed by atoms with E-state index < -0.39 is 0 Å². The van der Waals surface area contributed by atoms with Gasteiger partial charge in [0.25, 0.3) is 0 Å². The van der Waals surface area contributed by atoms with Gasteiger partial charge in [0.1, 0.15) is 0 Å². The highest BCUT2D eigenvalue weighted by atomic mass is 16.5. The van der Waals surface area contributed by atoms with Gasteiger partial charge in [-0.15, -0.1) is 0 Å². The number of nitrogens with one attached hydrogen (secondary N) is 2. The molecule has 0 saturated carbocycles. The van der Waals surface area contributed by atoms with Crippen LogP contribution in [-0.2, 0) is 9.53 Å². The fraction of sp³-hybridized carbons (Fsp3) is 0.909. The topological polar surface area (TPSA) is 50.4 Å². The minimum atomic E-state index is -0.221. The second kappa shape index (κ2) is 4.49. The van der Waals surface area contributed by atoms with Crippen molar-refractivity contribution in [1.82, 2.24) is 10.6 Å². The van der Waals surface area contributed by atoms with Gasteiger partial charge in [-0.05, 0) is 32.7 Å². The first-order chi connectivity index (χ1) is 7.21. The predicted molar refractivity (Wildman–Crippen MR) is 57.6 cm³/mol. The van der Waals surface area contributed by atoms with E-state index in [1.807, 2.05) is 6.92 Å². The number of carbonyl (C=O) groups excluding carboxylic acids is 1. The lowest BCUT2D eigenvalue weighted by atomic mass is 9.81. The molecule has 0 aromatic rings. The van der Waals surface area contributed by atoms with Crippen LogP contribution in [0.4, 0.5) is 0 Å². The highest BCUT2D eigenvalue weighted by molar-refractivity contribution is 5.82. The van der Waals surface area contributed by atoms with Crippen LogP contribution in [-0.4, -0.2) is 38.3 Å². The first kappa shape index (κ1) is 10.9. The van der Waals surface area contributed by atoms with Gasteiger partial charge in [-0.2, -0.15) is 0 Å². The number of amides is 1. The summed E-state index contributed by atoms with van der Waals surface area (Å²) >= 11 is 0. The Morgan fingerprint density at radius 2 is 2.47 bits per heavy atom. The van der Waals surface area contributed by atoms with Crippen LogP contribution in [0.2, 0.25) is 0 Å². The number of hydrogen-bond acceptors (Lipinski definition) is 3. The summed E-state index contributed by atoms with van der Waals surface area (Å²) < 4.78 is 5.25. The normalized spacial score (nSPS) is 36.5. The lowest BCUT2D eigenvalue weighted by molar-refractivity contribution is -0.131. The molecule has 0 radical (unpaired) electrons. The summed E-state index contributed by atoms with van der Waals surface area (Å²) in [6.45, 7) is 5.33. The Morgan fingerprint density at radius 3 is 3.07 bits per heavy atom. The maximum Gasteiger partial charge on any atom is 0.227 e. The lowest BCUT2D eigenvalue weighted by Crippen LogP contribution is -2.51. The molecule has 0 aliphatic carbocycles. The van der Waals surface area contributed by atoms with Gasteiger partial charge in [0.15, 0.2) is 0 Å². The number of carbonyl (C=O) groups is 1. The zero-order valence-electron chi connectivity index (χ0n) is 9.34. The molecule has 2 aliphatic heterocycles. The Bertz CT molecular complexity index is 231. The third-order valence-electron chi connectivity index (χ3n) is 3.41. The van der Waals surface area contributed by atoms with Crippen molar-refractivity contribution in [1.29, 1.82) is 0 Å². The van der Waals surface area contributed by atoms with E-state index >= 15 is 0 Å². The minimum absolute atomic E-state index is 0.185. The van der Waals surface area contributed by atoms with Gasteiger partial charge in [0.05, 0.1) is 18.1 Å².